The van der Waals surface area contributed by atoms with Crippen LogP contribution in [0.2, 0.25) is 0 Å². The molecule has 0 radical (unpaired) electrons. The zero-order valence-electron chi connectivity index (χ0n) is 12.3. The van der Waals surface area contributed by atoms with E-state index in [1.54, 1.807) is 0 Å². The van der Waals surface area contributed by atoms with E-state index in [2.05, 4.69) is 30.7 Å². The lowest BCUT2D eigenvalue weighted by molar-refractivity contribution is 0.222. The van der Waals surface area contributed by atoms with Gasteiger partial charge in [0.05, 0.1) is 0 Å². The fourth-order valence-corrected chi connectivity index (χ4v) is 4.39. The maximum atomic E-state index is 12.7. The van der Waals surface area contributed by atoms with Crippen molar-refractivity contribution in [1.29, 1.82) is 0 Å². The van der Waals surface area contributed by atoms with E-state index in [9.17, 15) is 8.42 Å². The predicted molar refractivity (Wildman–Crippen MR) is 79.9 cm³/mol. The van der Waals surface area contributed by atoms with Gasteiger partial charge in [-0.05, 0) is 24.3 Å². The zero-order valence-corrected chi connectivity index (χ0v) is 13.1. The standard InChI is InChI=1S/C15H20N2O3S/c1-12-6-13(2)11-17(10-12)21(19,20)15-7-14(4-3-5-18)8-16-9-15/h7-9,12-13,18H,5-6,10-11H2,1-2H3. The van der Waals surface area contributed by atoms with Crippen molar-refractivity contribution >= 4 is 10.0 Å². The Labute approximate surface area is 126 Å². The summed E-state index contributed by atoms with van der Waals surface area (Å²) < 4.78 is 26.9. The van der Waals surface area contributed by atoms with Crippen LogP contribution in [0.4, 0.5) is 0 Å². The molecule has 0 aliphatic carbocycles. The summed E-state index contributed by atoms with van der Waals surface area (Å²) in [6, 6.07) is 1.51. The Morgan fingerprint density at radius 1 is 1.33 bits per heavy atom. The first-order valence-electron chi connectivity index (χ1n) is 6.98. The van der Waals surface area contributed by atoms with E-state index in [0.717, 1.165) is 6.42 Å². The van der Waals surface area contributed by atoms with Crippen molar-refractivity contribution in [2.75, 3.05) is 19.7 Å². The second-order valence-corrected chi connectivity index (χ2v) is 7.58. The Balaban J connectivity index is 2.31. The van der Waals surface area contributed by atoms with Gasteiger partial charge >= 0.3 is 0 Å². The Hall–Kier alpha value is -1.42. The molecule has 1 aliphatic rings. The van der Waals surface area contributed by atoms with E-state index in [1.165, 1.54) is 22.8 Å². The topological polar surface area (TPSA) is 70.5 Å². The lowest BCUT2D eigenvalue weighted by Gasteiger charge is -2.33. The molecule has 0 amide bonds. The van der Waals surface area contributed by atoms with Crippen LogP contribution in [-0.2, 0) is 10.0 Å². The van der Waals surface area contributed by atoms with Crippen LogP contribution < -0.4 is 0 Å². The van der Waals surface area contributed by atoms with Crippen LogP contribution in [0.25, 0.3) is 0 Å². The van der Waals surface area contributed by atoms with E-state index in [1.807, 2.05) is 0 Å². The van der Waals surface area contributed by atoms with Gasteiger partial charge < -0.3 is 5.11 Å². The molecule has 0 bridgehead atoms. The summed E-state index contributed by atoms with van der Waals surface area (Å²) in [4.78, 5) is 4.11. The summed E-state index contributed by atoms with van der Waals surface area (Å²) in [5.41, 5.74) is 0.489. The minimum absolute atomic E-state index is 0.161. The average molecular weight is 308 g/mol. The van der Waals surface area contributed by atoms with Crippen molar-refractivity contribution in [3.63, 3.8) is 0 Å². The number of sulfonamides is 1. The van der Waals surface area contributed by atoms with Gasteiger partial charge in [-0.2, -0.15) is 4.31 Å². The third-order valence-electron chi connectivity index (χ3n) is 3.50. The molecular weight excluding hydrogens is 288 g/mol. The zero-order chi connectivity index (χ0) is 15.5. The first-order chi connectivity index (χ1) is 9.93. The monoisotopic (exact) mass is 308 g/mol. The predicted octanol–water partition coefficient (Wildman–Crippen LogP) is 1.09. The molecule has 114 valence electrons. The van der Waals surface area contributed by atoms with Crippen LogP contribution in [-0.4, -0.2) is 42.5 Å². The fraction of sp³-hybridized carbons (Fsp3) is 0.533. The SMILES string of the molecule is CC1CC(C)CN(S(=O)(=O)c2cncc(C#CCO)c2)C1. The molecular formula is C15H20N2O3S. The molecule has 1 saturated heterocycles. The molecule has 21 heavy (non-hydrogen) atoms. The highest BCUT2D eigenvalue weighted by atomic mass is 32.2. The molecule has 0 saturated carbocycles. The number of aromatic nitrogens is 1. The fourth-order valence-electron chi connectivity index (χ4n) is 2.72. The maximum Gasteiger partial charge on any atom is 0.244 e. The molecule has 1 aliphatic heterocycles. The number of piperidine rings is 1. The number of nitrogens with zero attached hydrogens (tertiary/aromatic N) is 2. The van der Waals surface area contributed by atoms with Gasteiger partial charge in [-0.1, -0.05) is 25.7 Å². The summed E-state index contributed by atoms with van der Waals surface area (Å²) in [6.45, 7) is 4.95. The van der Waals surface area contributed by atoms with Crippen LogP contribution >= 0.6 is 0 Å². The lowest BCUT2D eigenvalue weighted by Crippen LogP contribution is -2.42. The number of aliphatic hydroxyl groups excluding tert-OH is 1. The average Bonchev–Trinajstić information content (AvgIpc) is 2.44. The molecule has 2 atom stereocenters. The molecule has 5 nitrogen and oxygen atoms in total. The smallest absolute Gasteiger partial charge is 0.244 e. The van der Waals surface area contributed by atoms with Crippen LogP contribution in [0.15, 0.2) is 23.4 Å². The van der Waals surface area contributed by atoms with Gasteiger partial charge in [0.2, 0.25) is 10.0 Å². The molecule has 1 aromatic rings. The van der Waals surface area contributed by atoms with Crippen molar-refractivity contribution in [3.05, 3.63) is 24.0 Å². The molecule has 1 fully saturated rings. The van der Waals surface area contributed by atoms with Crippen LogP contribution in [0.5, 0.6) is 0 Å². The van der Waals surface area contributed by atoms with E-state index in [-0.39, 0.29) is 11.5 Å². The number of hydrogen-bond donors (Lipinski definition) is 1. The first kappa shape index (κ1) is 16.0. The van der Waals surface area contributed by atoms with Crippen LogP contribution in [0, 0.1) is 23.7 Å². The molecule has 0 aromatic carbocycles. The van der Waals surface area contributed by atoms with Crippen molar-refractivity contribution in [2.24, 2.45) is 11.8 Å². The van der Waals surface area contributed by atoms with Gasteiger partial charge in [0.15, 0.2) is 0 Å². The van der Waals surface area contributed by atoms with E-state index in [4.69, 9.17) is 5.11 Å². The summed E-state index contributed by atoms with van der Waals surface area (Å²) in [5, 5.41) is 8.70. The van der Waals surface area contributed by atoms with Crippen molar-refractivity contribution in [3.8, 4) is 11.8 Å². The maximum absolute atomic E-state index is 12.7. The summed E-state index contributed by atoms with van der Waals surface area (Å²) in [5.74, 6) is 5.89. The normalized spacial score (nSPS) is 23.4. The van der Waals surface area contributed by atoms with Gasteiger partial charge in [-0.3, -0.25) is 4.98 Å². The quantitative estimate of drug-likeness (QED) is 0.830. The largest absolute Gasteiger partial charge is 0.384 e. The van der Waals surface area contributed by atoms with Gasteiger partial charge in [-0.25, -0.2) is 8.42 Å². The van der Waals surface area contributed by atoms with Crippen LogP contribution in [0.3, 0.4) is 0 Å². The minimum atomic E-state index is -3.53. The second kappa shape index (κ2) is 6.56. The highest BCUT2D eigenvalue weighted by Gasteiger charge is 2.31. The molecule has 1 aromatic heterocycles. The third kappa shape index (κ3) is 3.82. The van der Waals surface area contributed by atoms with Crippen molar-refractivity contribution < 1.29 is 13.5 Å². The first-order valence-corrected chi connectivity index (χ1v) is 8.42. The Morgan fingerprint density at radius 2 is 2.00 bits per heavy atom. The van der Waals surface area contributed by atoms with E-state index in [0.29, 0.717) is 30.5 Å². The molecule has 2 heterocycles. The molecule has 1 N–H and O–H groups in total. The number of hydrogen-bond acceptors (Lipinski definition) is 4. The van der Waals surface area contributed by atoms with Crippen molar-refractivity contribution in [1.82, 2.24) is 9.29 Å². The highest BCUT2D eigenvalue weighted by molar-refractivity contribution is 7.89. The summed E-state index contributed by atoms with van der Waals surface area (Å²) in [7, 11) is -3.53. The molecule has 6 heteroatoms. The Morgan fingerprint density at radius 3 is 2.62 bits per heavy atom. The van der Waals surface area contributed by atoms with Crippen LogP contribution in [0.1, 0.15) is 25.8 Å². The third-order valence-corrected chi connectivity index (χ3v) is 5.30. The summed E-state index contributed by atoms with van der Waals surface area (Å²) >= 11 is 0. The Bertz CT molecular complexity index is 651. The second-order valence-electron chi connectivity index (χ2n) is 5.64. The van der Waals surface area contributed by atoms with Crippen molar-refractivity contribution in [2.45, 2.75) is 25.2 Å². The Kier molecular flexibility index (Phi) is 4.99. The molecule has 2 unspecified atom stereocenters. The van der Waals surface area contributed by atoms with Gasteiger partial charge in [-0.15, -0.1) is 0 Å². The molecule has 2 rings (SSSR count). The number of pyridine rings is 1. The number of aliphatic hydroxyl groups is 1. The summed E-state index contributed by atoms with van der Waals surface area (Å²) in [6.07, 6.45) is 3.89. The number of rotatable bonds is 2. The van der Waals surface area contributed by atoms with E-state index < -0.39 is 10.0 Å². The minimum Gasteiger partial charge on any atom is -0.384 e. The lowest BCUT2D eigenvalue weighted by atomic mass is 9.94. The molecule has 0 spiro atoms. The van der Waals surface area contributed by atoms with E-state index >= 15 is 0 Å². The van der Waals surface area contributed by atoms with Gasteiger partial charge in [0.25, 0.3) is 0 Å². The van der Waals surface area contributed by atoms with Gasteiger partial charge in [0, 0.05) is 31.0 Å². The highest BCUT2D eigenvalue weighted by Crippen LogP contribution is 2.26. The van der Waals surface area contributed by atoms with Gasteiger partial charge in [0.1, 0.15) is 11.5 Å².